The highest BCUT2D eigenvalue weighted by Crippen LogP contribution is 2.03. The number of amides is 3. The summed E-state index contributed by atoms with van der Waals surface area (Å²) < 4.78 is 0. The van der Waals surface area contributed by atoms with E-state index in [1.165, 1.54) is 18.6 Å². The molecule has 6 N–H and O–H groups in total. The highest BCUT2D eigenvalue weighted by atomic mass is 16.4. The Kier molecular flexibility index (Phi) is 10.2. The molecule has 2 atom stereocenters. The second-order valence-corrected chi connectivity index (χ2v) is 6.17. The van der Waals surface area contributed by atoms with Crippen LogP contribution in [-0.4, -0.2) is 73.8 Å². The maximum absolute atomic E-state index is 11.9. The summed E-state index contributed by atoms with van der Waals surface area (Å²) in [6.07, 6.45) is 4.10. The number of hydrogen-bond donors (Lipinski definition) is 6. The van der Waals surface area contributed by atoms with Crippen LogP contribution in [0.25, 0.3) is 0 Å². The first-order chi connectivity index (χ1) is 14.2. The Hall–Kier alpha value is -3.77. The molecule has 0 aliphatic rings. The molecular formula is C17H23N5O8. The van der Waals surface area contributed by atoms with Gasteiger partial charge in [0, 0.05) is 25.4 Å². The van der Waals surface area contributed by atoms with Gasteiger partial charge in [-0.1, -0.05) is 0 Å². The number of carbonyl (C=O) groups is 5. The first-order valence-electron chi connectivity index (χ1n) is 8.99. The molecule has 1 aromatic heterocycles. The molecule has 0 radical (unpaired) electrons. The van der Waals surface area contributed by atoms with Gasteiger partial charge in [0.25, 0.3) is 5.91 Å². The van der Waals surface area contributed by atoms with Gasteiger partial charge in [0.2, 0.25) is 0 Å². The van der Waals surface area contributed by atoms with Crippen LogP contribution in [0.3, 0.4) is 0 Å². The maximum atomic E-state index is 11.9. The molecule has 1 rings (SSSR count). The van der Waals surface area contributed by atoms with E-state index in [0.717, 1.165) is 0 Å². The van der Waals surface area contributed by atoms with Crippen molar-refractivity contribution in [2.45, 2.75) is 44.2 Å². The molecule has 164 valence electrons. The summed E-state index contributed by atoms with van der Waals surface area (Å²) in [5.41, 5.74) is 0.148. The van der Waals surface area contributed by atoms with Crippen LogP contribution in [0.1, 0.15) is 42.6 Å². The van der Waals surface area contributed by atoms with Crippen molar-refractivity contribution in [2.75, 3.05) is 6.54 Å². The van der Waals surface area contributed by atoms with E-state index in [1.54, 1.807) is 0 Å². The average molecular weight is 425 g/mol. The Bertz CT molecular complexity index is 758. The van der Waals surface area contributed by atoms with Gasteiger partial charge in [-0.3, -0.25) is 14.6 Å². The topological polar surface area (TPSA) is 208 Å². The lowest BCUT2D eigenvalue weighted by Crippen LogP contribution is -2.51. The fraction of sp³-hybridized carbons (Fsp3) is 0.471. The molecule has 0 saturated heterocycles. The minimum Gasteiger partial charge on any atom is -0.481 e. The molecule has 0 saturated carbocycles. The smallest absolute Gasteiger partial charge is 0.326 e. The molecular weight excluding hydrogens is 402 g/mol. The number of carboxylic acids is 3. The van der Waals surface area contributed by atoms with Crippen molar-refractivity contribution in [2.24, 2.45) is 0 Å². The van der Waals surface area contributed by atoms with Crippen LogP contribution in [0.5, 0.6) is 0 Å². The van der Waals surface area contributed by atoms with E-state index >= 15 is 0 Å². The van der Waals surface area contributed by atoms with Gasteiger partial charge >= 0.3 is 23.9 Å². The Morgan fingerprint density at radius 2 is 1.53 bits per heavy atom. The first-order valence-corrected chi connectivity index (χ1v) is 8.99. The second kappa shape index (κ2) is 12.6. The van der Waals surface area contributed by atoms with Gasteiger partial charge in [0.1, 0.15) is 17.8 Å². The van der Waals surface area contributed by atoms with Crippen molar-refractivity contribution in [1.82, 2.24) is 25.9 Å². The Labute approximate surface area is 170 Å². The second-order valence-electron chi connectivity index (χ2n) is 6.17. The van der Waals surface area contributed by atoms with Crippen LogP contribution in [0, 0.1) is 0 Å². The number of urea groups is 1. The minimum atomic E-state index is -1.47. The van der Waals surface area contributed by atoms with Gasteiger partial charge in [-0.25, -0.2) is 19.4 Å². The summed E-state index contributed by atoms with van der Waals surface area (Å²) in [6.45, 7) is 0.254. The van der Waals surface area contributed by atoms with Crippen molar-refractivity contribution in [3.05, 3.63) is 24.3 Å². The Morgan fingerprint density at radius 3 is 2.07 bits per heavy atom. The number of aliphatic carboxylic acids is 3. The van der Waals surface area contributed by atoms with E-state index in [4.69, 9.17) is 10.2 Å². The van der Waals surface area contributed by atoms with Gasteiger partial charge in [0.05, 0.1) is 6.20 Å². The number of unbranched alkanes of at least 4 members (excludes halogenated alkanes) is 1. The monoisotopic (exact) mass is 425 g/mol. The predicted molar refractivity (Wildman–Crippen MR) is 99.6 cm³/mol. The summed E-state index contributed by atoms with van der Waals surface area (Å²) >= 11 is 0. The van der Waals surface area contributed by atoms with Crippen molar-refractivity contribution in [3.63, 3.8) is 0 Å². The standard InChI is InChI=1S/C17H23N5O8/c23-13(24)5-4-11(16(28)29)22-17(30)21-10(15(26)27)3-1-2-6-20-14(25)12-9-18-7-8-19-12/h7-11H,1-6H2,(H,20,25)(H,23,24)(H,26,27)(H,28,29)(H2,21,22,30)/t10-,11-/m0/s1. The SMILES string of the molecule is O=C(O)CC[C@H](NC(=O)N[C@@H](CCCCNC(=O)c1cnccn1)C(=O)O)C(=O)O. The summed E-state index contributed by atoms with van der Waals surface area (Å²) in [5.74, 6) is -4.39. The molecule has 0 fully saturated rings. The van der Waals surface area contributed by atoms with Crippen LogP contribution in [0.4, 0.5) is 4.79 Å². The van der Waals surface area contributed by atoms with Crippen molar-refractivity contribution in [3.8, 4) is 0 Å². The summed E-state index contributed by atoms with van der Waals surface area (Å²) in [7, 11) is 0. The third-order valence-electron chi connectivity index (χ3n) is 3.85. The van der Waals surface area contributed by atoms with Crippen LogP contribution in [0.15, 0.2) is 18.6 Å². The number of carbonyl (C=O) groups excluding carboxylic acids is 2. The molecule has 0 aromatic carbocycles. The largest absolute Gasteiger partial charge is 0.481 e. The Balaban J connectivity index is 2.39. The molecule has 0 bridgehead atoms. The third kappa shape index (κ3) is 9.43. The van der Waals surface area contributed by atoms with Crippen molar-refractivity contribution in [1.29, 1.82) is 0 Å². The lowest BCUT2D eigenvalue weighted by molar-refractivity contribution is -0.140. The number of rotatable bonds is 13. The van der Waals surface area contributed by atoms with Gasteiger partial charge in [0.15, 0.2) is 0 Å². The molecule has 3 amide bonds. The van der Waals surface area contributed by atoms with Gasteiger partial charge < -0.3 is 31.3 Å². The lowest BCUT2D eigenvalue weighted by Gasteiger charge is -2.18. The molecule has 0 aliphatic heterocycles. The zero-order chi connectivity index (χ0) is 22.5. The van der Waals surface area contributed by atoms with Gasteiger partial charge in [-0.15, -0.1) is 0 Å². The zero-order valence-electron chi connectivity index (χ0n) is 15.9. The van der Waals surface area contributed by atoms with E-state index in [2.05, 4.69) is 20.6 Å². The van der Waals surface area contributed by atoms with Crippen molar-refractivity contribution < 1.29 is 39.3 Å². The minimum absolute atomic E-state index is 0.0383. The molecule has 0 aliphatic carbocycles. The quantitative estimate of drug-likeness (QED) is 0.222. The molecule has 13 nitrogen and oxygen atoms in total. The fourth-order valence-electron chi connectivity index (χ4n) is 2.32. The third-order valence-corrected chi connectivity index (χ3v) is 3.85. The Morgan fingerprint density at radius 1 is 0.900 bits per heavy atom. The van der Waals surface area contributed by atoms with Crippen LogP contribution in [0.2, 0.25) is 0 Å². The number of nitrogens with one attached hydrogen (secondary N) is 3. The number of aromatic nitrogens is 2. The fourth-order valence-corrected chi connectivity index (χ4v) is 2.32. The van der Waals surface area contributed by atoms with E-state index in [0.29, 0.717) is 12.8 Å². The highest BCUT2D eigenvalue weighted by molar-refractivity contribution is 5.91. The van der Waals surface area contributed by atoms with E-state index in [1.807, 2.05) is 5.32 Å². The van der Waals surface area contributed by atoms with Gasteiger partial charge in [-0.05, 0) is 25.7 Å². The summed E-state index contributed by atoms with van der Waals surface area (Å²) in [5, 5.41) is 33.6. The lowest BCUT2D eigenvalue weighted by atomic mass is 10.1. The predicted octanol–water partition coefficient (Wildman–Crippen LogP) is -0.553. The molecule has 1 aromatic rings. The summed E-state index contributed by atoms with van der Waals surface area (Å²) in [4.78, 5) is 64.2. The maximum Gasteiger partial charge on any atom is 0.326 e. The molecule has 30 heavy (non-hydrogen) atoms. The molecule has 1 heterocycles. The molecule has 0 unspecified atom stereocenters. The van der Waals surface area contributed by atoms with E-state index in [-0.39, 0.29) is 25.1 Å². The number of hydrogen-bond acceptors (Lipinski definition) is 7. The average Bonchev–Trinajstić information content (AvgIpc) is 2.69. The number of carboxylic acid groups (broad SMARTS) is 3. The number of nitrogens with zero attached hydrogens (tertiary/aromatic N) is 2. The van der Waals surface area contributed by atoms with E-state index in [9.17, 15) is 29.1 Å². The van der Waals surface area contributed by atoms with Crippen LogP contribution in [-0.2, 0) is 14.4 Å². The molecule has 0 spiro atoms. The van der Waals surface area contributed by atoms with Crippen LogP contribution < -0.4 is 16.0 Å². The molecule has 13 heteroatoms. The van der Waals surface area contributed by atoms with Crippen molar-refractivity contribution >= 4 is 29.8 Å². The highest BCUT2D eigenvalue weighted by Gasteiger charge is 2.24. The summed E-state index contributed by atoms with van der Waals surface area (Å²) in [6, 6.07) is -3.78. The van der Waals surface area contributed by atoms with Gasteiger partial charge in [-0.2, -0.15) is 0 Å². The van der Waals surface area contributed by atoms with E-state index < -0.39 is 48.4 Å². The first kappa shape index (κ1) is 24.3. The normalized spacial score (nSPS) is 12.3. The zero-order valence-corrected chi connectivity index (χ0v) is 15.9. The van der Waals surface area contributed by atoms with Crippen LogP contribution >= 0.6 is 0 Å².